The number of aromatic amines is 3. The lowest BCUT2D eigenvalue weighted by Crippen LogP contribution is -2.56. The van der Waals surface area contributed by atoms with Gasteiger partial charge < -0.3 is 61.0 Å². The van der Waals surface area contributed by atoms with Crippen molar-refractivity contribution in [3.05, 3.63) is 54.7 Å². The summed E-state index contributed by atoms with van der Waals surface area (Å²) in [5, 5.41) is 93.4. The molecule has 438 valence electrons. The zero-order chi connectivity index (χ0) is 62.1. The monoisotopic (exact) mass is 1130 g/mol. The maximum atomic E-state index is 11.5. The highest BCUT2D eigenvalue weighted by Crippen LogP contribution is 2.29. The standard InChI is InChI=1S/3C6H10N2.3C5H7F3O2.3C2H2O4.BO3/c3*1-3-6-7-4-5-8(6)2;3*1-3(2-4(9)10)5(6,7)8;3*3-1(4)2(5)6;2-1(3)4/h3*4-5H,3H2,1-2H3;3*3H,2H2,1H3,(H,9,10);3*(H,3,4)(H,5,6);/q;;;;;;;;;-3/p+3. The summed E-state index contributed by atoms with van der Waals surface area (Å²) in [6.45, 7) is 8.92. The number of carboxylic acid groups (broad SMARTS) is 9. The molecule has 0 bridgehead atoms. The number of imidazole rings is 3. The molecule has 3 aromatic rings. The molecule has 0 saturated heterocycles. The number of nitrogens with zero attached hydrogens (tertiary/aromatic N) is 3. The molecule has 3 unspecified atom stereocenters. The van der Waals surface area contributed by atoms with Crippen LogP contribution < -0.4 is 28.8 Å². The van der Waals surface area contributed by atoms with Crippen molar-refractivity contribution >= 4 is 61.0 Å². The second-order valence-corrected chi connectivity index (χ2v) is 13.9. The molecule has 37 heteroatoms. The van der Waals surface area contributed by atoms with Crippen molar-refractivity contribution in [1.82, 2.24) is 15.0 Å². The largest absolute Gasteiger partial charge is 0.907 e. The Morgan fingerprint density at radius 3 is 0.618 bits per heavy atom. The topological polar surface area (TPSA) is 464 Å². The van der Waals surface area contributed by atoms with Crippen molar-refractivity contribution in [2.45, 2.75) is 98.6 Å². The van der Waals surface area contributed by atoms with Gasteiger partial charge in [-0.3, -0.25) is 21.7 Å². The Bertz CT molecular complexity index is 1880. The van der Waals surface area contributed by atoms with Gasteiger partial charge in [0.1, 0.15) is 37.2 Å². The minimum Gasteiger partial charge on any atom is -0.907 e. The van der Waals surface area contributed by atoms with Gasteiger partial charge in [-0.15, -0.1) is 0 Å². The van der Waals surface area contributed by atoms with Crippen molar-refractivity contribution in [2.75, 3.05) is 0 Å². The minimum atomic E-state index is -4.39. The first kappa shape index (κ1) is 82.2. The van der Waals surface area contributed by atoms with E-state index in [9.17, 15) is 53.9 Å². The summed E-state index contributed by atoms with van der Waals surface area (Å²) in [6.07, 6.45) is -0.658. The number of nitrogens with one attached hydrogen (secondary N) is 3. The van der Waals surface area contributed by atoms with Gasteiger partial charge in [-0.2, -0.15) is 39.5 Å². The Hall–Kier alpha value is -7.83. The fourth-order valence-electron chi connectivity index (χ4n) is 3.50. The second kappa shape index (κ2) is 43.6. The molecule has 76 heavy (non-hydrogen) atoms. The summed E-state index contributed by atoms with van der Waals surface area (Å²) in [5.74, 6) is -16.7. The van der Waals surface area contributed by atoms with Crippen LogP contribution in [0, 0.1) is 17.8 Å². The van der Waals surface area contributed by atoms with Crippen molar-refractivity contribution in [3.63, 3.8) is 0 Å². The predicted octanol–water partition coefficient (Wildman–Crippen LogP) is -0.298. The van der Waals surface area contributed by atoms with Gasteiger partial charge in [0.2, 0.25) is 0 Å². The molecule has 3 rings (SSSR count). The van der Waals surface area contributed by atoms with Crippen LogP contribution in [0.25, 0.3) is 0 Å². The summed E-state index contributed by atoms with van der Waals surface area (Å²) in [7, 11) is 3.19. The summed E-state index contributed by atoms with van der Waals surface area (Å²) in [4.78, 5) is 93.2. The molecule has 0 spiro atoms. The fourth-order valence-corrected chi connectivity index (χ4v) is 3.50. The normalized spacial score (nSPS) is 11.0. The van der Waals surface area contributed by atoms with Gasteiger partial charge in [-0.1, -0.05) is 41.5 Å². The van der Waals surface area contributed by atoms with Crippen LogP contribution >= 0.6 is 0 Å². The zero-order valence-corrected chi connectivity index (χ0v) is 41.7. The number of carbonyl (C=O) groups is 9. The molecule has 12 N–H and O–H groups in total. The Labute approximate surface area is 425 Å². The Morgan fingerprint density at radius 1 is 0.434 bits per heavy atom. The molecular formula is C39H60BF9N6O21. The van der Waals surface area contributed by atoms with Gasteiger partial charge in [-0.05, 0) is 0 Å². The van der Waals surface area contributed by atoms with Gasteiger partial charge >= 0.3 is 72.3 Å². The summed E-state index contributed by atoms with van der Waals surface area (Å²) >= 11 is 0. The van der Waals surface area contributed by atoms with Crippen molar-refractivity contribution < 1.29 is 157 Å². The van der Waals surface area contributed by atoms with E-state index in [4.69, 9.17) is 89.8 Å². The quantitative estimate of drug-likeness (QED) is 0.0566. The highest BCUT2D eigenvalue weighted by Gasteiger charge is 2.38. The molecular weight excluding hydrogens is 1070 g/mol. The van der Waals surface area contributed by atoms with Gasteiger partial charge in [0, 0.05) is 19.3 Å². The van der Waals surface area contributed by atoms with E-state index >= 15 is 0 Å². The van der Waals surface area contributed by atoms with Crippen LogP contribution in [0.15, 0.2) is 37.2 Å². The molecule has 0 aromatic carbocycles. The average Bonchev–Trinajstić information content (AvgIpc) is 4.00. The number of aliphatic carboxylic acids is 9. The summed E-state index contributed by atoms with van der Waals surface area (Å²) < 4.78 is 110. The van der Waals surface area contributed by atoms with E-state index in [-0.39, 0.29) is 0 Å². The van der Waals surface area contributed by atoms with E-state index in [2.05, 4.69) is 49.4 Å². The number of alkyl halides is 9. The first-order valence-corrected chi connectivity index (χ1v) is 20.5. The van der Waals surface area contributed by atoms with Crippen LogP contribution in [0.2, 0.25) is 0 Å². The maximum absolute atomic E-state index is 11.5. The number of hydrogen-bond donors (Lipinski definition) is 12. The van der Waals surface area contributed by atoms with Crippen LogP contribution in [0.5, 0.6) is 0 Å². The third kappa shape index (κ3) is 57.1. The van der Waals surface area contributed by atoms with E-state index in [0.29, 0.717) is 0 Å². The van der Waals surface area contributed by atoms with Crippen LogP contribution in [0.4, 0.5) is 39.5 Å². The maximum Gasteiger partial charge on any atom is 0.414 e. The highest BCUT2D eigenvalue weighted by atomic mass is 19.4. The Morgan fingerprint density at radius 2 is 0.579 bits per heavy atom. The SMILES string of the molecule is CC(CC(=O)O)C(F)(F)F.CC(CC(=O)O)C(F)(F)F.CC(CC(=O)O)C(F)(F)F.CCc1[nH]cc[n+]1C.CCc1[nH]cc[n+]1C.CCc1[nH]cc[n+]1C.O=C(O)C(=O)O.O=C(O)C(=O)O.O=C(O)C(=O)O.[O-]B([O-])[O-]. The van der Waals surface area contributed by atoms with E-state index in [1.807, 2.05) is 58.3 Å². The van der Waals surface area contributed by atoms with Gasteiger partial charge in [0.05, 0.1) is 58.2 Å². The number of halogens is 9. The van der Waals surface area contributed by atoms with Crippen LogP contribution in [0.1, 0.15) is 78.3 Å². The van der Waals surface area contributed by atoms with Gasteiger partial charge in [-0.25, -0.2) is 57.4 Å². The highest BCUT2D eigenvalue weighted by molar-refractivity contribution is 6.28. The molecule has 0 aliphatic heterocycles. The third-order valence-corrected chi connectivity index (χ3v) is 7.59. The molecule has 0 saturated carbocycles. The smallest absolute Gasteiger partial charge is 0.414 e. The number of aryl methyl sites for hydroxylation is 6. The third-order valence-electron chi connectivity index (χ3n) is 7.59. The van der Waals surface area contributed by atoms with Crippen LogP contribution in [-0.2, 0) is 83.6 Å². The summed E-state index contributed by atoms with van der Waals surface area (Å²) in [6, 6.07) is 0. The van der Waals surface area contributed by atoms with E-state index < -0.39 is 117 Å². The molecule has 0 aliphatic carbocycles. The minimum absolute atomic E-state index is 0.841. The molecule has 0 fully saturated rings. The Kier molecular flexibility index (Phi) is 47.1. The lowest BCUT2D eigenvalue weighted by Gasteiger charge is -2.35. The number of carboxylic acids is 9. The lowest BCUT2D eigenvalue weighted by atomic mass is 10.1. The van der Waals surface area contributed by atoms with Crippen molar-refractivity contribution in [2.24, 2.45) is 38.9 Å². The van der Waals surface area contributed by atoms with Crippen molar-refractivity contribution in [3.8, 4) is 0 Å². The number of hydrogen-bond acceptors (Lipinski definition) is 12. The molecule has 3 atom stereocenters. The number of H-pyrrole nitrogens is 3. The van der Waals surface area contributed by atoms with Crippen LogP contribution in [0.3, 0.4) is 0 Å². The van der Waals surface area contributed by atoms with Gasteiger partial charge in [0.15, 0.2) is 0 Å². The molecule has 0 amide bonds. The Balaban J connectivity index is -0.000000140. The average molecular weight is 1130 g/mol. The molecule has 3 aromatic heterocycles. The molecule has 3 heterocycles. The van der Waals surface area contributed by atoms with E-state index in [1.54, 1.807) is 0 Å². The van der Waals surface area contributed by atoms with E-state index in [0.717, 1.165) is 40.0 Å². The first-order chi connectivity index (χ1) is 34.2. The second-order valence-electron chi connectivity index (χ2n) is 13.9. The van der Waals surface area contributed by atoms with E-state index in [1.165, 1.54) is 17.5 Å². The fraction of sp³-hybridized carbons (Fsp3) is 0.538. The lowest BCUT2D eigenvalue weighted by molar-refractivity contribution is -0.677. The van der Waals surface area contributed by atoms with Crippen LogP contribution in [-0.4, -0.2) is 140 Å². The van der Waals surface area contributed by atoms with Gasteiger partial charge in [0.25, 0.3) is 17.5 Å². The predicted molar refractivity (Wildman–Crippen MR) is 228 cm³/mol. The molecule has 0 radical (unpaired) electrons. The zero-order valence-electron chi connectivity index (χ0n) is 41.7. The first-order valence-electron chi connectivity index (χ1n) is 20.5. The number of aromatic nitrogens is 6. The molecule has 0 aliphatic rings. The van der Waals surface area contributed by atoms with Crippen molar-refractivity contribution in [1.29, 1.82) is 0 Å². The molecule has 27 nitrogen and oxygen atoms in total. The summed E-state index contributed by atoms with van der Waals surface area (Å²) in [5.41, 5.74) is 0. The number of rotatable bonds is 9.